The molecule has 0 bridgehead atoms. The van der Waals surface area contributed by atoms with Crippen LogP contribution < -0.4 is 15.2 Å². The standard InChI is InChI=1S/C20H28N2O2/c1-15(2)22(14-16-9-6-5-7-10-16)18(13-21)17-11-8-12-19(23-3)20(17)24-4/h5-12,15,18H,13-14,21H2,1-4H3. The van der Waals surface area contributed by atoms with Crippen LogP contribution in [0.2, 0.25) is 0 Å². The zero-order valence-corrected chi connectivity index (χ0v) is 15.0. The number of hydrogen-bond donors (Lipinski definition) is 1. The zero-order valence-electron chi connectivity index (χ0n) is 15.0. The molecule has 2 aromatic carbocycles. The van der Waals surface area contributed by atoms with Gasteiger partial charge in [-0.25, -0.2) is 0 Å². The molecule has 2 N–H and O–H groups in total. The second kappa shape index (κ2) is 8.71. The molecular weight excluding hydrogens is 300 g/mol. The molecule has 0 aliphatic carbocycles. The smallest absolute Gasteiger partial charge is 0.165 e. The summed E-state index contributed by atoms with van der Waals surface area (Å²) in [7, 11) is 3.33. The van der Waals surface area contributed by atoms with Crippen LogP contribution in [-0.4, -0.2) is 31.7 Å². The SMILES string of the molecule is COc1cccc(C(CN)N(Cc2ccccc2)C(C)C)c1OC. The Bertz CT molecular complexity index is 629. The van der Waals surface area contributed by atoms with E-state index in [4.69, 9.17) is 15.2 Å². The quantitative estimate of drug-likeness (QED) is 0.804. The third kappa shape index (κ3) is 4.08. The van der Waals surface area contributed by atoms with E-state index in [2.05, 4.69) is 49.1 Å². The molecule has 0 amide bonds. The molecule has 0 fully saturated rings. The van der Waals surface area contributed by atoms with Crippen molar-refractivity contribution in [1.82, 2.24) is 4.90 Å². The van der Waals surface area contributed by atoms with Crippen molar-refractivity contribution in [1.29, 1.82) is 0 Å². The lowest BCUT2D eigenvalue weighted by molar-refractivity contribution is 0.145. The molecule has 130 valence electrons. The highest BCUT2D eigenvalue weighted by atomic mass is 16.5. The lowest BCUT2D eigenvalue weighted by Gasteiger charge is -2.35. The summed E-state index contributed by atoms with van der Waals surface area (Å²) < 4.78 is 11.1. The van der Waals surface area contributed by atoms with E-state index < -0.39 is 0 Å². The molecule has 24 heavy (non-hydrogen) atoms. The molecule has 0 aromatic heterocycles. The van der Waals surface area contributed by atoms with E-state index in [0.717, 1.165) is 23.6 Å². The van der Waals surface area contributed by atoms with Gasteiger partial charge < -0.3 is 15.2 Å². The van der Waals surface area contributed by atoms with Gasteiger partial charge in [0, 0.05) is 24.7 Å². The molecule has 2 rings (SSSR count). The summed E-state index contributed by atoms with van der Waals surface area (Å²) in [6.45, 7) is 5.73. The number of ether oxygens (including phenoxy) is 2. The number of methoxy groups -OCH3 is 2. The van der Waals surface area contributed by atoms with Crippen molar-refractivity contribution >= 4 is 0 Å². The maximum atomic E-state index is 6.17. The van der Waals surface area contributed by atoms with Gasteiger partial charge in [0.25, 0.3) is 0 Å². The molecule has 1 atom stereocenters. The van der Waals surface area contributed by atoms with Crippen LogP contribution >= 0.6 is 0 Å². The lowest BCUT2D eigenvalue weighted by atomic mass is 10.0. The Labute approximate surface area is 145 Å². The van der Waals surface area contributed by atoms with Crippen LogP contribution in [0.1, 0.15) is 31.0 Å². The summed E-state index contributed by atoms with van der Waals surface area (Å²) in [4.78, 5) is 2.40. The summed E-state index contributed by atoms with van der Waals surface area (Å²) in [6.07, 6.45) is 0. The molecule has 4 heteroatoms. The van der Waals surface area contributed by atoms with E-state index in [9.17, 15) is 0 Å². The van der Waals surface area contributed by atoms with Crippen molar-refractivity contribution in [3.63, 3.8) is 0 Å². The van der Waals surface area contributed by atoms with Gasteiger partial charge in [-0.1, -0.05) is 42.5 Å². The van der Waals surface area contributed by atoms with E-state index in [0.29, 0.717) is 12.6 Å². The highest BCUT2D eigenvalue weighted by Crippen LogP contribution is 2.37. The number of hydrogen-bond acceptors (Lipinski definition) is 4. The van der Waals surface area contributed by atoms with Crippen LogP contribution in [0.15, 0.2) is 48.5 Å². The van der Waals surface area contributed by atoms with Crippen molar-refractivity contribution in [2.24, 2.45) is 5.73 Å². The Morgan fingerprint density at radius 1 is 0.958 bits per heavy atom. The van der Waals surface area contributed by atoms with Crippen molar-refractivity contribution in [3.05, 3.63) is 59.7 Å². The molecule has 0 saturated heterocycles. The Kier molecular flexibility index (Phi) is 6.64. The van der Waals surface area contributed by atoms with Gasteiger partial charge in [0.2, 0.25) is 0 Å². The van der Waals surface area contributed by atoms with Crippen LogP contribution in [0.5, 0.6) is 11.5 Å². The van der Waals surface area contributed by atoms with Gasteiger partial charge in [-0.2, -0.15) is 0 Å². The van der Waals surface area contributed by atoms with Crippen molar-refractivity contribution in [2.45, 2.75) is 32.5 Å². The summed E-state index contributed by atoms with van der Waals surface area (Å²) in [5.74, 6) is 1.49. The van der Waals surface area contributed by atoms with Gasteiger partial charge in [0.1, 0.15) is 0 Å². The first-order valence-electron chi connectivity index (χ1n) is 8.33. The highest BCUT2D eigenvalue weighted by molar-refractivity contribution is 5.48. The van der Waals surface area contributed by atoms with Crippen LogP contribution in [-0.2, 0) is 6.54 Å². The van der Waals surface area contributed by atoms with Gasteiger partial charge in [-0.15, -0.1) is 0 Å². The first kappa shape index (κ1) is 18.3. The first-order valence-corrected chi connectivity index (χ1v) is 8.33. The summed E-state index contributed by atoms with van der Waals surface area (Å²) >= 11 is 0. The van der Waals surface area contributed by atoms with Crippen molar-refractivity contribution < 1.29 is 9.47 Å². The Hall–Kier alpha value is -2.04. The molecule has 0 heterocycles. The maximum absolute atomic E-state index is 6.17. The minimum atomic E-state index is 0.0512. The minimum Gasteiger partial charge on any atom is -0.493 e. The van der Waals surface area contributed by atoms with E-state index in [1.807, 2.05) is 18.2 Å². The third-order valence-electron chi connectivity index (χ3n) is 4.29. The molecule has 1 unspecified atom stereocenters. The topological polar surface area (TPSA) is 47.7 Å². The van der Waals surface area contributed by atoms with Crippen molar-refractivity contribution in [2.75, 3.05) is 20.8 Å². The monoisotopic (exact) mass is 328 g/mol. The predicted octanol–water partition coefficient (Wildman–Crippen LogP) is 3.61. The Morgan fingerprint density at radius 3 is 2.21 bits per heavy atom. The average molecular weight is 328 g/mol. The number of benzene rings is 2. The number of para-hydroxylation sites is 1. The first-order chi connectivity index (χ1) is 11.6. The van der Waals surface area contributed by atoms with Gasteiger partial charge in [-0.05, 0) is 25.5 Å². The molecule has 0 spiro atoms. The van der Waals surface area contributed by atoms with E-state index in [1.165, 1.54) is 5.56 Å². The van der Waals surface area contributed by atoms with Crippen LogP contribution in [0, 0.1) is 0 Å². The Morgan fingerprint density at radius 2 is 1.67 bits per heavy atom. The normalized spacial score (nSPS) is 12.5. The van der Waals surface area contributed by atoms with Gasteiger partial charge >= 0.3 is 0 Å². The molecule has 2 aromatic rings. The molecule has 4 nitrogen and oxygen atoms in total. The van der Waals surface area contributed by atoms with Gasteiger partial charge in [-0.3, -0.25) is 4.90 Å². The number of nitrogens with zero attached hydrogens (tertiary/aromatic N) is 1. The molecular formula is C20H28N2O2. The molecule has 0 aliphatic rings. The molecule has 0 aliphatic heterocycles. The summed E-state index contributed by atoms with van der Waals surface area (Å²) in [5, 5.41) is 0. The Balaban J connectivity index is 2.40. The fraction of sp³-hybridized carbons (Fsp3) is 0.400. The van der Waals surface area contributed by atoms with E-state index in [-0.39, 0.29) is 6.04 Å². The maximum Gasteiger partial charge on any atom is 0.165 e. The molecule has 0 saturated carbocycles. The van der Waals surface area contributed by atoms with Crippen LogP contribution in [0.3, 0.4) is 0 Å². The lowest BCUT2D eigenvalue weighted by Crippen LogP contribution is -2.38. The van der Waals surface area contributed by atoms with Crippen LogP contribution in [0.25, 0.3) is 0 Å². The number of rotatable bonds is 8. The highest BCUT2D eigenvalue weighted by Gasteiger charge is 2.26. The second-order valence-electron chi connectivity index (χ2n) is 6.09. The van der Waals surface area contributed by atoms with Crippen molar-refractivity contribution in [3.8, 4) is 11.5 Å². The average Bonchev–Trinajstić information content (AvgIpc) is 2.61. The third-order valence-corrected chi connectivity index (χ3v) is 4.29. The fourth-order valence-corrected chi connectivity index (χ4v) is 3.06. The number of nitrogens with two attached hydrogens (primary N) is 1. The van der Waals surface area contributed by atoms with Gasteiger partial charge in [0.15, 0.2) is 11.5 Å². The van der Waals surface area contributed by atoms with E-state index >= 15 is 0 Å². The van der Waals surface area contributed by atoms with E-state index in [1.54, 1.807) is 14.2 Å². The minimum absolute atomic E-state index is 0.0512. The predicted molar refractivity (Wildman–Crippen MR) is 98.5 cm³/mol. The van der Waals surface area contributed by atoms with Gasteiger partial charge in [0.05, 0.1) is 20.3 Å². The summed E-state index contributed by atoms with van der Waals surface area (Å²) in [6, 6.07) is 16.8. The fourth-order valence-electron chi connectivity index (χ4n) is 3.06. The zero-order chi connectivity index (χ0) is 17.5. The molecule has 0 radical (unpaired) electrons. The van der Waals surface area contributed by atoms with Crippen LogP contribution in [0.4, 0.5) is 0 Å². The largest absolute Gasteiger partial charge is 0.493 e. The summed E-state index contributed by atoms with van der Waals surface area (Å²) in [5.41, 5.74) is 8.50. The second-order valence-corrected chi connectivity index (χ2v) is 6.09.